The molecule has 0 saturated carbocycles. The number of unbranched alkanes of at least 4 members (excludes halogenated alkanes) is 1. The summed E-state index contributed by atoms with van der Waals surface area (Å²) < 4.78 is 144. The number of rotatable bonds is 37. The third kappa shape index (κ3) is 19.5. The van der Waals surface area contributed by atoms with Crippen molar-refractivity contribution in [2.45, 2.75) is 136 Å². The van der Waals surface area contributed by atoms with Gasteiger partial charge in [-0.3, -0.25) is 50.7 Å². The van der Waals surface area contributed by atoms with Crippen LogP contribution < -0.4 is 9.13 Å². The van der Waals surface area contributed by atoms with Gasteiger partial charge in [0.2, 0.25) is 11.8 Å². The number of amides is 2. The highest BCUT2D eigenvalue weighted by molar-refractivity contribution is 8.00. The van der Waals surface area contributed by atoms with Crippen LogP contribution in [0.25, 0.3) is 140 Å². The van der Waals surface area contributed by atoms with E-state index >= 15 is 9.13 Å². The van der Waals surface area contributed by atoms with Gasteiger partial charge in [-0.05, 0) is 200 Å². The van der Waals surface area contributed by atoms with Gasteiger partial charge in [0, 0.05) is 68.5 Å². The van der Waals surface area contributed by atoms with E-state index in [1.807, 2.05) is 231 Å². The third-order valence-corrected chi connectivity index (χ3v) is 35.1. The van der Waals surface area contributed by atoms with Gasteiger partial charge < -0.3 is 48.4 Å². The van der Waals surface area contributed by atoms with Crippen LogP contribution in [0.3, 0.4) is 0 Å². The number of likely N-dealkylation sites (tertiary alicyclic amines) is 1. The summed E-state index contributed by atoms with van der Waals surface area (Å²) in [5, 5.41) is 33.5. The number of esters is 1. The van der Waals surface area contributed by atoms with Gasteiger partial charge in [0.25, 0.3) is 0 Å². The van der Waals surface area contributed by atoms with Gasteiger partial charge >= 0.3 is 37.3 Å². The number of aromatic nitrogens is 2. The molecule has 5 aliphatic rings. The highest BCUT2D eigenvalue weighted by atomic mass is 32.2. The van der Waals surface area contributed by atoms with Gasteiger partial charge in [-0.25, -0.2) is 32.2 Å². The molecule has 0 bridgehead atoms. The molecule has 5 N–H and O–H groups in total. The van der Waals surface area contributed by atoms with Crippen molar-refractivity contribution < 1.29 is 126 Å². The second-order valence-corrected chi connectivity index (χ2v) is 45.8. The van der Waals surface area contributed by atoms with Crippen molar-refractivity contribution in [2.75, 3.05) is 51.9 Å². The number of phosphoric ester groups is 4. The van der Waals surface area contributed by atoms with Crippen molar-refractivity contribution in [3.8, 4) is 11.1 Å². The summed E-state index contributed by atoms with van der Waals surface area (Å²) in [6, 6.07) is 87.8. The van der Waals surface area contributed by atoms with Gasteiger partial charge in [0.1, 0.15) is 55.9 Å². The molecule has 5 saturated heterocycles. The molecule has 147 heavy (non-hydrogen) atoms. The predicted octanol–water partition coefficient (Wildman–Crippen LogP) is 22.4. The van der Waals surface area contributed by atoms with Crippen LogP contribution in [-0.4, -0.2) is 153 Å². The lowest BCUT2D eigenvalue weighted by Gasteiger charge is -2.26. The summed E-state index contributed by atoms with van der Waals surface area (Å²) in [6.07, 6.45) is -5.32. The van der Waals surface area contributed by atoms with E-state index in [0.29, 0.717) is 41.6 Å². The molecule has 24 rings (SSSR count). The highest BCUT2D eigenvalue weighted by Crippen LogP contribution is 2.59. The zero-order valence-corrected chi connectivity index (χ0v) is 84.1. The number of phosphoric acid groups is 4. The first-order chi connectivity index (χ1) is 71.3. The SMILES string of the molecule is C[n+]1ccc(-c2cc[n+](Cc3ccc(C(=O)OCCCCN4C(=O)CC(SCCCOP(=O)(O)O[C@@H]5C[C@H](c6ccc7ccc8cccc9ccc6c7c89)O[C@@H]5COP(=O)(O)O[C@@H]5C[C@H](c6ccc7ccc8cccc9ccc6c7c89)O[C@@H]5COP(=O)(O)O[C@@H]5C[C@H](c6ccc7ccc8cccc9ccc6c7c89)O[C@@H]5COP(=O)(O)O[C@@H]5C[C@H](c6ccc7ccc8cccc9ccc6c7c89)O[C@@H]5CO)C4=O)cc3)cc2)cc1. The van der Waals surface area contributed by atoms with Crippen LogP contribution in [-0.2, 0) is 101 Å². The molecular formula is C114H103N3O25P4S+2. The van der Waals surface area contributed by atoms with E-state index in [9.17, 15) is 48.2 Å². The van der Waals surface area contributed by atoms with E-state index in [1.165, 1.54) is 16.7 Å². The number of carbonyl (C=O) groups excluding carboxylic acids is 3. The first-order valence-corrected chi connectivity index (χ1v) is 56.5. The van der Waals surface area contributed by atoms with E-state index in [4.69, 9.17) is 59.9 Å². The number of benzene rings is 17. The van der Waals surface area contributed by atoms with Gasteiger partial charge in [0.05, 0.1) is 74.9 Å². The Morgan fingerprint density at radius 2 is 0.707 bits per heavy atom. The maximum Gasteiger partial charge on any atom is 0.472 e. The molecule has 5 fully saturated rings. The molecule has 17 aromatic carbocycles. The number of hydrogen-bond acceptors (Lipinski definition) is 22. The molecule has 7 heterocycles. The Kier molecular flexibility index (Phi) is 26.6. The van der Waals surface area contributed by atoms with Gasteiger partial charge in [-0.2, -0.15) is 0 Å². The summed E-state index contributed by atoms with van der Waals surface area (Å²) >= 11 is 1.22. The van der Waals surface area contributed by atoms with Crippen LogP contribution in [0.15, 0.2) is 292 Å². The number of hydrogen-bond donors (Lipinski definition) is 5. The topological polar surface area (TPSA) is 352 Å². The summed E-state index contributed by atoms with van der Waals surface area (Å²) in [7, 11) is -19.0. The number of aliphatic hydroxyl groups excluding tert-OH is 1. The van der Waals surface area contributed by atoms with Crippen LogP contribution in [0.4, 0.5) is 0 Å². The van der Waals surface area contributed by atoms with Crippen molar-refractivity contribution in [3.63, 3.8) is 0 Å². The maximum absolute atomic E-state index is 15.2. The normalized spacial score (nSPS) is 23.3. The summed E-state index contributed by atoms with van der Waals surface area (Å²) in [4.78, 5) is 89.5. The van der Waals surface area contributed by atoms with Crippen molar-refractivity contribution >= 4 is 190 Å². The number of pyridine rings is 2. The Morgan fingerprint density at radius 1 is 0.381 bits per heavy atom. The molecule has 0 spiro atoms. The first kappa shape index (κ1) is 97.5. The molecule has 0 aliphatic carbocycles. The minimum atomic E-state index is -5.39. The lowest BCUT2D eigenvalue weighted by molar-refractivity contribution is -0.688. The Bertz CT molecular complexity index is 8420. The Hall–Kier alpha value is -11.6. The molecule has 5 unspecified atom stereocenters. The minimum absolute atomic E-state index is 0.0469. The van der Waals surface area contributed by atoms with E-state index in [1.54, 1.807) is 12.1 Å². The number of thioether (sulfide) groups is 1. The number of imide groups is 1. The van der Waals surface area contributed by atoms with Crippen molar-refractivity contribution in [1.29, 1.82) is 0 Å². The predicted molar refractivity (Wildman–Crippen MR) is 560 cm³/mol. The fourth-order valence-electron chi connectivity index (χ4n) is 22.7. The van der Waals surface area contributed by atoms with Crippen molar-refractivity contribution in [3.05, 3.63) is 325 Å². The summed E-state index contributed by atoms with van der Waals surface area (Å²) in [5.41, 5.74) is 6.45. The molecule has 0 radical (unpaired) electrons. The maximum atomic E-state index is 15.2. The monoisotopic (exact) mass is 2070 g/mol. The van der Waals surface area contributed by atoms with Crippen molar-refractivity contribution in [2.24, 2.45) is 7.05 Å². The average Bonchev–Trinajstić information content (AvgIpc) is 1.69. The highest BCUT2D eigenvalue weighted by Gasteiger charge is 2.51. The molecule has 17 atom stereocenters. The van der Waals surface area contributed by atoms with Crippen LogP contribution in [0.5, 0.6) is 0 Å². The number of carbonyl (C=O) groups is 3. The fraction of sp³-hybridized carbons (Fsp3) is 0.272. The number of aryl methyl sites for hydroxylation is 1. The van der Waals surface area contributed by atoms with Crippen LogP contribution in [0.1, 0.15) is 114 Å². The smallest absolute Gasteiger partial charge is 0.462 e. The molecule has 2 aromatic heterocycles. The summed E-state index contributed by atoms with van der Waals surface area (Å²) in [5.74, 6) is -0.947. The first-order valence-electron chi connectivity index (χ1n) is 49.5. The third-order valence-electron chi connectivity index (χ3n) is 29.7. The van der Waals surface area contributed by atoms with Crippen molar-refractivity contribution in [1.82, 2.24) is 4.90 Å². The van der Waals surface area contributed by atoms with E-state index < -0.39 is 142 Å². The molecule has 5 aliphatic heterocycles. The second kappa shape index (κ2) is 40.0. The quantitative estimate of drug-likeness (QED) is 0.00603. The number of ether oxygens (including phenoxy) is 5. The molecule has 2 amide bonds. The minimum Gasteiger partial charge on any atom is -0.462 e. The fourth-order valence-corrected chi connectivity index (χ4v) is 27.6. The molecule has 19 aromatic rings. The lowest BCUT2D eigenvalue weighted by Crippen LogP contribution is -2.33. The Morgan fingerprint density at radius 3 is 1.07 bits per heavy atom. The summed E-state index contributed by atoms with van der Waals surface area (Å²) in [6.45, 7) is -2.38. The molecular weight excluding hydrogens is 1970 g/mol. The van der Waals surface area contributed by atoms with Crippen LogP contribution in [0.2, 0.25) is 0 Å². The Labute approximate surface area is 847 Å². The number of aliphatic hydroxyl groups is 1. The zero-order chi connectivity index (χ0) is 100. The zero-order valence-electron chi connectivity index (χ0n) is 79.7. The molecule has 748 valence electrons. The van der Waals surface area contributed by atoms with Crippen LogP contribution >= 0.6 is 43.1 Å². The van der Waals surface area contributed by atoms with E-state index in [0.717, 1.165) is 152 Å². The largest absolute Gasteiger partial charge is 0.472 e. The average molecular weight is 2070 g/mol. The number of nitrogens with zero attached hydrogens (tertiary/aromatic N) is 3. The van der Waals surface area contributed by atoms with Gasteiger partial charge in [-0.1, -0.05) is 231 Å². The van der Waals surface area contributed by atoms with E-state index in [2.05, 4.69) is 65.2 Å². The standard InChI is InChI=1S/C114H101N3O25P4S/c1-115-50-45-68(46-51-115)69-47-52-116(53-48-69)62-67-17-19-82(20-18-67)114(121)130-54-3-2-49-117-104(119)61-103(113(117)120)147-56-8-55-131-143(122,123)140-96-58-92(84-38-30-79-26-22-71-10-5-14-75-34-42-88(84)110(79)106(71)75)136-100(96)64-133-145(126,127)142-98-60-94(86-40-32-81-28-24-73-12-7-16-77-36-44-90(86)112(81)108(73)77)138-102(98)66-134-146(128,129)141-97-59-93(85-39-31-80-27-23-72-11-6-15-76-35-43-89(85)111(80)107(72)76)137-101(97)65-132-144(124,125)139-95-57-91(135-99(95)63-118)83-37-29-78-25-21-70-9-4-13-74-33-41-87(83)109(78)105(70)74/h4-7,9-48,50-53,91-103,118H,2-3,8,49,54-66H2,1H3,(H2-2,122,123,124,125,126,127,128,129)/p+2/t91-,92-,93-,94-,95-,96-,97-,98-,99-,100-,101-,102-,103?/m1/s1. The van der Waals surface area contributed by atoms with Crippen LogP contribution in [0, 0.1) is 0 Å². The van der Waals surface area contributed by atoms with E-state index in [-0.39, 0.29) is 75.9 Å². The second-order valence-electron chi connectivity index (χ2n) is 38.8. The molecule has 33 heteroatoms. The Balaban J connectivity index is 0.449. The van der Waals surface area contributed by atoms with Gasteiger partial charge in [-0.15, -0.1) is 11.8 Å². The van der Waals surface area contributed by atoms with Gasteiger partial charge in [0.15, 0.2) is 31.3 Å². The lowest BCUT2D eigenvalue weighted by atomic mass is 9.90. The molecule has 28 nitrogen and oxygen atoms in total.